The van der Waals surface area contributed by atoms with Crippen molar-refractivity contribution in [1.29, 1.82) is 0 Å². The number of carbonyl (C=O) groups excluding carboxylic acids is 4. The third-order valence-electron chi connectivity index (χ3n) is 4.84. The van der Waals surface area contributed by atoms with E-state index in [2.05, 4.69) is 5.32 Å². The van der Waals surface area contributed by atoms with E-state index in [1.54, 1.807) is 27.9 Å². The molecule has 1 saturated heterocycles. The first-order valence-corrected chi connectivity index (χ1v) is 10.3. The molecule has 2 rings (SSSR count). The number of amides is 3. The number of hydrogen-bond acceptors (Lipinski definition) is 7. The van der Waals surface area contributed by atoms with Crippen LogP contribution in [0.3, 0.4) is 0 Å². The van der Waals surface area contributed by atoms with Gasteiger partial charge in [0, 0.05) is 20.0 Å². The Morgan fingerprint density at radius 1 is 1.24 bits per heavy atom. The van der Waals surface area contributed by atoms with Gasteiger partial charge >= 0.3 is 5.97 Å². The van der Waals surface area contributed by atoms with Crippen molar-refractivity contribution in [2.75, 3.05) is 45.7 Å². The molecule has 1 aromatic rings. The molecule has 160 valence electrons. The fraction of sp³-hybridized carbons (Fsp3) is 0.579. The van der Waals surface area contributed by atoms with E-state index in [0.717, 1.165) is 11.3 Å². The van der Waals surface area contributed by atoms with Crippen LogP contribution in [0.25, 0.3) is 0 Å². The standard InChI is InChI=1S/C19H28N4O5S/c1-5-28-19(27)14-11(2)15(18(26)22(3)4)29-17(14)21-13(24)10-23-8-6-12(7-9-23)16(20)25/h12H,5-10H2,1-4H3,(H2,20,25)(H,21,24). The Kier molecular flexibility index (Phi) is 7.74. The molecule has 9 nitrogen and oxygen atoms in total. The van der Waals surface area contributed by atoms with Crippen molar-refractivity contribution in [3.63, 3.8) is 0 Å². The Labute approximate surface area is 174 Å². The quantitative estimate of drug-likeness (QED) is 0.632. The van der Waals surface area contributed by atoms with Crippen LogP contribution in [-0.2, 0) is 14.3 Å². The monoisotopic (exact) mass is 424 g/mol. The minimum absolute atomic E-state index is 0.127. The molecule has 10 heteroatoms. The summed E-state index contributed by atoms with van der Waals surface area (Å²) in [5.41, 5.74) is 6.04. The first kappa shape index (κ1) is 22.8. The molecule has 2 heterocycles. The van der Waals surface area contributed by atoms with E-state index < -0.39 is 5.97 Å². The summed E-state index contributed by atoms with van der Waals surface area (Å²) >= 11 is 1.07. The van der Waals surface area contributed by atoms with E-state index >= 15 is 0 Å². The summed E-state index contributed by atoms with van der Waals surface area (Å²) < 4.78 is 5.11. The highest BCUT2D eigenvalue weighted by atomic mass is 32.1. The molecular weight excluding hydrogens is 396 g/mol. The molecule has 1 aliphatic heterocycles. The van der Waals surface area contributed by atoms with Gasteiger partial charge in [-0.25, -0.2) is 4.79 Å². The van der Waals surface area contributed by atoms with Crippen LogP contribution in [0.4, 0.5) is 5.00 Å². The number of esters is 1. The van der Waals surface area contributed by atoms with Crippen molar-refractivity contribution in [3.8, 4) is 0 Å². The topological polar surface area (TPSA) is 122 Å². The highest BCUT2D eigenvalue weighted by Gasteiger charge is 2.28. The van der Waals surface area contributed by atoms with Gasteiger partial charge < -0.3 is 20.7 Å². The molecule has 0 aliphatic carbocycles. The van der Waals surface area contributed by atoms with Gasteiger partial charge in [0.2, 0.25) is 11.8 Å². The summed E-state index contributed by atoms with van der Waals surface area (Å²) in [6.07, 6.45) is 1.24. The SMILES string of the molecule is CCOC(=O)c1c(NC(=O)CN2CCC(C(N)=O)CC2)sc(C(=O)N(C)C)c1C. The Morgan fingerprint density at radius 2 is 1.86 bits per heavy atom. The van der Waals surface area contributed by atoms with Gasteiger partial charge in [-0.1, -0.05) is 0 Å². The van der Waals surface area contributed by atoms with Crippen molar-refractivity contribution in [1.82, 2.24) is 9.80 Å². The zero-order valence-corrected chi connectivity index (χ0v) is 18.1. The molecule has 0 unspecified atom stereocenters. The van der Waals surface area contributed by atoms with Crippen molar-refractivity contribution in [2.45, 2.75) is 26.7 Å². The van der Waals surface area contributed by atoms with Crippen LogP contribution in [-0.4, -0.2) is 73.8 Å². The molecular formula is C19H28N4O5S. The molecule has 1 aliphatic rings. The summed E-state index contributed by atoms with van der Waals surface area (Å²) in [4.78, 5) is 52.4. The van der Waals surface area contributed by atoms with Gasteiger partial charge in [0.1, 0.15) is 5.00 Å². The zero-order chi connectivity index (χ0) is 21.7. The van der Waals surface area contributed by atoms with Gasteiger partial charge in [0.15, 0.2) is 0 Å². The van der Waals surface area contributed by atoms with Crippen LogP contribution >= 0.6 is 11.3 Å². The number of thiophene rings is 1. The number of carbonyl (C=O) groups is 4. The van der Waals surface area contributed by atoms with E-state index in [9.17, 15) is 19.2 Å². The lowest BCUT2D eigenvalue weighted by Gasteiger charge is -2.29. The summed E-state index contributed by atoms with van der Waals surface area (Å²) in [5.74, 6) is -1.56. The number of nitrogens with two attached hydrogens (primary N) is 1. The third-order valence-corrected chi connectivity index (χ3v) is 6.03. The maximum atomic E-state index is 12.6. The van der Waals surface area contributed by atoms with E-state index in [1.807, 2.05) is 4.90 Å². The minimum atomic E-state index is -0.573. The summed E-state index contributed by atoms with van der Waals surface area (Å²) in [6.45, 7) is 4.87. The van der Waals surface area contributed by atoms with E-state index in [0.29, 0.717) is 41.4 Å². The fourth-order valence-electron chi connectivity index (χ4n) is 3.20. The maximum absolute atomic E-state index is 12.6. The maximum Gasteiger partial charge on any atom is 0.341 e. The Morgan fingerprint density at radius 3 is 2.38 bits per heavy atom. The molecule has 3 N–H and O–H groups in total. The molecule has 0 bridgehead atoms. The van der Waals surface area contributed by atoms with Crippen LogP contribution in [0.2, 0.25) is 0 Å². The second kappa shape index (κ2) is 9.84. The lowest BCUT2D eigenvalue weighted by molar-refractivity contribution is -0.123. The molecule has 0 spiro atoms. The lowest BCUT2D eigenvalue weighted by Crippen LogP contribution is -2.42. The molecule has 0 aromatic carbocycles. The van der Waals surface area contributed by atoms with Gasteiger partial charge in [0.05, 0.1) is 23.6 Å². The molecule has 0 radical (unpaired) electrons. The Balaban J connectivity index is 2.15. The van der Waals surface area contributed by atoms with Crippen molar-refractivity contribution in [3.05, 3.63) is 16.0 Å². The number of ether oxygens (including phenoxy) is 1. The van der Waals surface area contributed by atoms with Gasteiger partial charge in [-0.2, -0.15) is 0 Å². The molecule has 0 atom stereocenters. The third kappa shape index (κ3) is 5.54. The highest BCUT2D eigenvalue weighted by Crippen LogP contribution is 2.34. The number of nitrogens with one attached hydrogen (secondary N) is 1. The summed E-state index contributed by atoms with van der Waals surface area (Å²) in [7, 11) is 3.25. The predicted molar refractivity (Wildman–Crippen MR) is 110 cm³/mol. The highest BCUT2D eigenvalue weighted by molar-refractivity contribution is 7.18. The van der Waals surface area contributed by atoms with Crippen LogP contribution < -0.4 is 11.1 Å². The van der Waals surface area contributed by atoms with Crippen LogP contribution in [0.1, 0.15) is 45.4 Å². The average Bonchev–Trinajstić information content (AvgIpc) is 2.97. The zero-order valence-electron chi connectivity index (χ0n) is 17.2. The van der Waals surface area contributed by atoms with Gasteiger partial charge in [-0.05, 0) is 45.3 Å². The summed E-state index contributed by atoms with van der Waals surface area (Å²) in [5, 5.41) is 3.07. The van der Waals surface area contributed by atoms with Crippen molar-refractivity contribution >= 4 is 40.0 Å². The smallest absolute Gasteiger partial charge is 0.341 e. The largest absolute Gasteiger partial charge is 0.462 e. The Hall–Kier alpha value is -2.46. The molecule has 3 amide bonds. The first-order chi connectivity index (χ1) is 13.6. The first-order valence-electron chi connectivity index (χ1n) is 9.49. The number of hydrogen-bond donors (Lipinski definition) is 2. The lowest BCUT2D eigenvalue weighted by atomic mass is 9.96. The summed E-state index contributed by atoms with van der Waals surface area (Å²) in [6, 6.07) is 0. The molecule has 0 saturated carbocycles. The average molecular weight is 425 g/mol. The normalized spacial score (nSPS) is 15.0. The molecule has 29 heavy (non-hydrogen) atoms. The number of likely N-dealkylation sites (tertiary alicyclic amines) is 1. The van der Waals surface area contributed by atoms with Crippen LogP contribution in [0, 0.1) is 12.8 Å². The Bertz CT molecular complexity index is 797. The van der Waals surface area contributed by atoms with Gasteiger partial charge in [-0.15, -0.1) is 11.3 Å². The number of primary amides is 1. The number of nitrogens with zero attached hydrogens (tertiary/aromatic N) is 2. The van der Waals surface area contributed by atoms with E-state index in [-0.39, 0.29) is 42.4 Å². The fourth-order valence-corrected chi connectivity index (χ4v) is 4.44. The van der Waals surface area contributed by atoms with Gasteiger partial charge in [0.25, 0.3) is 5.91 Å². The van der Waals surface area contributed by atoms with Crippen molar-refractivity contribution < 1.29 is 23.9 Å². The van der Waals surface area contributed by atoms with Crippen molar-refractivity contribution in [2.24, 2.45) is 11.7 Å². The van der Waals surface area contributed by atoms with E-state index in [1.165, 1.54) is 4.90 Å². The number of rotatable bonds is 7. The number of piperidine rings is 1. The number of anilines is 1. The predicted octanol–water partition coefficient (Wildman–Crippen LogP) is 1.07. The second-order valence-electron chi connectivity index (χ2n) is 7.18. The van der Waals surface area contributed by atoms with Crippen LogP contribution in [0.5, 0.6) is 0 Å². The van der Waals surface area contributed by atoms with Crippen LogP contribution in [0.15, 0.2) is 0 Å². The minimum Gasteiger partial charge on any atom is -0.462 e. The van der Waals surface area contributed by atoms with Gasteiger partial charge in [-0.3, -0.25) is 19.3 Å². The van der Waals surface area contributed by atoms with E-state index in [4.69, 9.17) is 10.5 Å². The molecule has 1 aromatic heterocycles. The second-order valence-corrected chi connectivity index (χ2v) is 8.20. The molecule has 1 fully saturated rings.